The first kappa shape index (κ1) is 18.1. The van der Waals surface area contributed by atoms with Crippen LogP contribution in [0.15, 0.2) is 24.3 Å². The largest absolute Gasteiger partial charge is 0.494 e. The van der Waals surface area contributed by atoms with Gasteiger partial charge in [-0.05, 0) is 63.2 Å². The van der Waals surface area contributed by atoms with Gasteiger partial charge in [0, 0.05) is 12.5 Å². The van der Waals surface area contributed by atoms with Crippen LogP contribution < -0.4 is 15.4 Å². The lowest BCUT2D eigenvalue weighted by Crippen LogP contribution is -2.34. The summed E-state index contributed by atoms with van der Waals surface area (Å²) in [6.07, 6.45) is 4.24. The Hall–Kier alpha value is -1.26. The Morgan fingerprint density at radius 2 is 2.00 bits per heavy atom. The number of hydrogen-bond acceptors (Lipinski definition) is 3. The monoisotopic (exact) mass is 338 g/mol. The van der Waals surface area contributed by atoms with Gasteiger partial charge in [0.1, 0.15) is 5.75 Å². The third-order valence-electron chi connectivity index (χ3n) is 5.02. The average molecular weight is 339 g/mol. The zero-order chi connectivity index (χ0) is 15.4. The minimum atomic E-state index is 0. The highest BCUT2D eigenvalue weighted by molar-refractivity contribution is 5.85. The molecule has 4 nitrogen and oxygen atoms in total. The smallest absolute Gasteiger partial charge is 0.223 e. The maximum absolute atomic E-state index is 12.2. The van der Waals surface area contributed by atoms with Crippen molar-refractivity contribution in [2.45, 2.75) is 32.6 Å². The number of nitrogens with one attached hydrogen (secondary N) is 2. The average Bonchev–Trinajstić information content (AvgIpc) is 3.22. The van der Waals surface area contributed by atoms with Gasteiger partial charge in [-0.1, -0.05) is 17.7 Å². The molecule has 23 heavy (non-hydrogen) atoms. The molecular formula is C18H27ClN2O2. The van der Waals surface area contributed by atoms with Gasteiger partial charge >= 0.3 is 0 Å². The molecule has 1 amide bonds. The van der Waals surface area contributed by atoms with Crippen molar-refractivity contribution in [3.8, 4) is 5.75 Å². The summed E-state index contributed by atoms with van der Waals surface area (Å²) in [6, 6.07) is 8.06. The van der Waals surface area contributed by atoms with Crippen LogP contribution in [0.2, 0.25) is 0 Å². The van der Waals surface area contributed by atoms with Crippen molar-refractivity contribution in [2.75, 3.05) is 26.2 Å². The molecule has 2 fully saturated rings. The molecule has 1 aromatic rings. The van der Waals surface area contributed by atoms with Crippen LogP contribution in [0.1, 0.15) is 31.2 Å². The molecule has 2 aliphatic rings. The number of halogens is 1. The summed E-state index contributed by atoms with van der Waals surface area (Å²) in [5.74, 6) is 1.40. The Balaban J connectivity index is 0.00000192. The standard InChI is InChI=1S/C18H26N2O2.ClH/c1-14-3-5-15(6-4-14)22-12-2-9-20-17(21)16-13-18(16)7-10-19-11-8-18;/h3-6,16,19H,2,7-13H2,1H3,(H,20,21);1H. The van der Waals surface area contributed by atoms with E-state index in [9.17, 15) is 4.79 Å². The molecule has 128 valence electrons. The molecule has 1 saturated carbocycles. The topological polar surface area (TPSA) is 50.4 Å². The van der Waals surface area contributed by atoms with Gasteiger partial charge in [-0.25, -0.2) is 0 Å². The Kier molecular flexibility index (Phi) is 6.31. The number of amides is 1. The molecule has 5 heteroatoms. The van der Waals surface area contributed by atoms with Gasteiger partial charge in [0.05, 0.1) is 6.61 Å². The Bertz CT molecular complexity index is 512. The van der Waals surface area contributed by atoms with Gasteiger partial charge in [-0.3, -0.25) is 4.79 Å². The molecule has 1 aliphatic carbocycles. The fourth-order valence-corrected chi connectivity index (χ4v) is 3.43. The molecule has 1 heterocycles. The summed E-state index contributed by atoms with van der Waals surface area (Å²) in [5.41, 5.74) is 1.56. The highest BCUT2D eigenvalue weighted by Gasteiger charge is 2.57. The third-order valence-corrected chi connectivity index (χ3v) is 5.02. The molecule has 3 rings (SSSR count). The molecule has 1 spiro atoms. The van der Waals surface area contributed by atoms with Gasteiger partial charge in [-0.2, -0.15) is 0 Å². The van der Waals surface area contributed by atoms with Crippen LogP contribution in [0.4, 0.5) is 0 Å². The lowest BCUT2D eigenvalue weighted by atomic mass is 9.92. The minimum Gasteiger partial charge on any atom is -0.494 e. The van der Waals surface area contributed by atoms with Crippen LogP contribution in [0.25, 0.3) is 0 Å². The van der Waals surface area contributed by atoms with Gasteiger partial charge in [0.2, 0.25) is 5.91 Å². The molecule has 0 aromatic heterocycles. The summed E-state index contributed by atoms with van der Waals surface area (Å²) in [5, 5.41) is 6.44. The molecule has 1 atom stereocenters. The molecule has 1 saturated heterocycles. The van der Waals surface area contributed by atoms with E-state index in [0.717, 1.165) is 44.5 Å². The second kappa shape index (κ2) is 8.02. The molecular weight excluding hydrogens is 312 g/mol. The Morgan fingerprint density at radius 3 is 2.70 bits per heavy atom. The molecule has 1 unspecified atom stereocenters. The van der Waals surface area contributed by atoms with E-state index in [2.05, 4.69) is 17.6 Å². The van der Waals surface area contributed by atoms with Crippen LogP contribution >= 0.6 is 12.4 Å². The van der Waals surface area contributed by atoms with Crippen LogP contribution in [0.3, 0.4) is 0 Å². The maximum atomic E-state index is 12.2. The zero-order valence-electron chi connectivity index (χ0n) is 13.8. The van der Waals surface area contributed by atoms with Crippen molar-refractivity contribution >= 4 is 18.3 Å². The van der Waals surface area contributed by atoms with Gasteiger partial charge in [0.25, 0.3) is 0 Å². The first-order chi connectivity index (χ1) is 10.7. The number of aryl methyl sites for hydroxylation is 1. The van der Waals surface area contributed by atoms with E-state index in [1.54, 1.807) is 0 Å². The van der Waals surface area contributed by atoms with E-state index in [-0.39, 0.29) is 24.2 Å². The molecule has 0 radical (unpaired) electrons. The lowest BCUT2D eigenvalue weighted by molar-refractivity contribution is -0.123. The fraction of sp³-hybridized carbons (Fsp3) is 0.611. The molecule has 0 bridgehead atoms. The minimum absolute atomic E-state index is 0. The van der Waals surface area contributed by atoms with E-state index in [4.69, 9.17) is 4.74 Å². The van der Waals surface area contributed by atoms with Gasteiger partial charge in [0.15, 0.2) is 0 Å². The highest BCUT2D eigenvalue weighted by Crippen LogP contribution is 2.58. The third kappa shape index (κ3) is 4.61. The summed E-state index contributed by atoms with van der Waals surface area (Å²) < 4.78 is 5.67. The van der Waals surface area contributed by atoms with Gasteiger partial charge in [-0.15, -0.1) is 12.4 Å². The van der Waals surface area contributed by atoms with Crippen LogP contribution in [0.5, 0.6) is 5.75 Å². The second-order valence-electron chi connectivity index (χ2n) is 6.68. The number of piperidine rings is 1. The number of carbonyl (C=O) groups is 1. The highest BCUT2D eigenvalue weighted by atomic mass is 35.5. The summed E-state index contributed by atoms with van der Waals surface area (Å²) in [7, 11) is 0. The van der Waals surface area contributed by atoms with Crippen LogP contribution in [-0.4, -0.2) is 32.1 Å². The Morgan fingerprint density at radius 1 is 1.30 bits per heavy atom. The van der Waals surface area contributed by atoms with Crippen molar-refractivity contribution in [1.82, 2.24) is 10.6 Å². The SMILES string of the molecule is Cc1ccc(OCCCNC(=O)C2CC23CCNCC3)cc1.Cl. The Labute approximate surface area is 144 Å². The predicted octanol–water partition coefficient (Wildman–Crippen LogP) is 2.69. The zero-order valence-corrected chi connectivity index (χ0v) is 14.6. The van der Waals surface area contributed by atoms with Crippen LogP contribution in [0, 0.1) is 18.3 Å². The predicted molar refractivity (Wildman–Crippen MR) is 94.2 cm³/mol. The number of hydrogen-bond donors (Lipinski definition) is 2. The molecule has 2 N–H and O–H groups in total. The van der Waals surface area contributed by atoms with Crippen molar-refractivity contribution in [3.63, 3.8) is 0 Å². The van der Waals surface area contributed by atoms with E-state index in [0.29, 0.717) is 18.6 Å². The van der Waals surface area contributed by atoms with Crippen molar-refractivity contribution in [1.29, 1.82) is 0 Å². The van der Waals surface area contributed by atoms with Crippen molar-refractivity contribution < 1.29 is 9.53 Å². The number of benzene rings is 1. The van der Waals surface area contributed by atoms with E-state index in [1.807, 2.05) is 24.3 Å². The number of carbonyl (C=O) groups excluding carboxylic acids is 1. The first-order valence-corrected chi connectivity index (χ1v) is 8.38. The first-order valence-electron chi connectivity index (χ1n) is 8.38. The van der Waals surface area contributed by atoms with Crippen LogP contribution in [-0.2, 0) is 4.79 Å². The van der Waals surface area contributed by atoms with E-state index >= 15 is 0 Å². The molecule has 1 aromatic carbocycles. The summed E-state index contributed by atoms with van der Waals surface area (Å²) >= 11 is 0. The number of rotatable bonds is 6. The summed E-state index contributed by atoms with van der Waals surface area (Å²) in [4.78, 5) is 12.2. The van der Waals surface area contributed by atoms with Gasteiger partial charge < -0.3 is 15.4 Å². The second-order valence-corrected chi connectivity index (χ2v) is 6.68. The van der Waals surface area contributed by atoms with Crippen molar-refractivity contribution in [2.24, 2.45) is 11.3 Å². The normalized spacial score (nSPS) is 21.3. The fourth-order valence-electron chi connectivity index (χ4n) is 3.43. The quantitative estimate of drug-likeness (QED) is 0.784. The summed E-state index contributed by atoms with van der Waals surface area (Å²) in [6.45, 7) is 5.53. The van der Waals surface area contributed by atoms with E-state index in [1.165, 1.54) is 5.56 Å². The number of ether oxygens (including phenoxy) is 1. The lowest BCUT2D eigenvalue weighted by Gasteiger charge is -2.23. The maximum Gasteiger partial charge on any atom is 0.223 e. The molecule has 1 aliphatic heterocycles. The van der Waals surface area contributed by atoms with Crippen molar-refractivity contribution in [3.05, 3.63) is 29.8 Å². The van der Waals surface area contributed by atoms with E-state index < -0.39 is 0 Å².